The molecule has 0 saturated carbocycles. The van der Waals surface area contributed by atoms with Crippen molar-refractivity contribution in [1.82, 2.24) is 15.5 Å². The summed E-state index contributed by atoms with van der Waals surface area (Å²) in [6.45, 7) is 9.49. The van der Waals surface area contributed by atoms with E-state index < -0.39 is 0 Å². The quantitative estimate of drug-likeness (QED) is 0.274. The fraction of sp³-hybridized carbons (Fsp3) is 0.474. The summed E-state index contributed by atoms with van der Waals surface area (Å²) in [6, 6.07) is 10.3. The molecule has 1 amide bonds. The van der Waals surface area contributed by atoms with Crippen LogP contribution in [0.15, 0.2) is 48.0 Å². The molecule has 1 aliphatic rings. The van der Waals surface area contributed by atoms with Crippen LogP contribution in [0.2, 0.25) is 0 Å². The molecule has 6 heteroatoms. The van der Waals surface area contributed by atoms with Crippen LogP contribution in [0, 0.1) is 5.92 Å². The number of aliphatic imine (C=N–C) groups is 1. The number of guanidine groups is 1. The summed E-state index contributed by atoms with van der Waals surface area (Å²) in [5.74, 6) is 1.33. The minimum atomic E-state index is 0. The van der Waals surface area contributed by atoms with Gasteiger partial charge in [-0.25, -0.2) is 0 Å². The Morgan fingerprint density at radius 3 is 2.80 bits per heavy atom. The summed E-state index contributed by atoms with van der Waals surface area (Å²) in [6.07, 6.45) is 3.31. The third-order valence-electron chi connectivity index (χ3n) is 4.07. The molecule has 1 saturated heterocycles. The number of hydrogen-bond donors (Lipinski definition) is 2. The highest BCUT2D eigenvalue weighted by Gasteiger charge is 2.28. The monoisotopic (exact) mass is 456 g/mol. The zero-order valence-electron chi connectivity index (χ0n) is 14.9. The Balaban J connectivity index is 0.00000312. The summed E-state index contributed by atoms with van der Waals surface area (Å²) < 4.78 is 0. The minimum Gasteiger partial charge on any atom is -0.357 e. The molecule has 1 aromatic rings. The van der Waals surface area contributed by atoms with E-state index in [1.807, 2.05) is 30.0 Å². The average molecular weight is 456 g/mol. The summed E-state index contributed by atoms with van der Waals surface area (Å²) in [5.41, 5.74) is 1.27. The molecular formula is C19H29IN4O. The zero-order chi connectivity index (χ0) is 17.2. The molecule has 138 valence electrons. The van der Waals surface area contributed by atoms with Gasteiger partial charge >= 0.3 is 0 Å². The molecule has 1 atom stereocenters. The maximum Gasteiger partial charge on any atom is 0.223 e. The van der Waals surface area contributed by atoms with E-state index in [0.717, 1.165) is 32.0 Å². The van der Waals surface area contributed by atoms with E-state index in [1.54, 1.807) is 6.08 Å². The summed E-state index contributed by atoms with van der Waals surface area (Å²) in [7, 11) is 0. The molecule has 25 heavy (non-hydrogen) atoms. The van der Waals surface area contributed by atoms with Gasteiger partial charge in [0.2, 0.25) is 5.91 Å². The van der Waals surface area contributed by atoms with Crippen molar-refractivity contribution in [1.29, 1.82) is 0 Å². The lowest BCUT2D eigenvalue weighted by atomic mass is 10.1. The van der Waals surface area contributed by atoms with Crippen molar-refractivity contribution < 1.29 is 4.79 Å². The van der Waals surface area contributed by atoms with Crippen LogP contribution in [0.3, 0.4) is 0 Å². The van der Waals surface area contributed by atoms with E-state index in [4.69, 9.17) is 0 Å². The molecule has 1 aromatic carbocycles. The molecule has 0 spiro atoms. The first-order valence-electron chi connectivity index (χ1n) is 8.67. The number of likely N-dealkylation sites (tertiary alicyclic amines) is 1. The van der Waals surface area contributed by atoms with Crippen molar-refractivity contribution in [3.05, 3.63) is 48.6 Å². The molecule has 0 radical (unpaired) electrons. The van der Waals surface area contributed by atoms with Gasteiger partial charge in [-0.15, -0.1) is 30.6 Å². The highest BCUT2D eigenvalue weighted by molar-refractivity contribution is 14.0. The maximum absolute atomic E-state index is 12.2. The Kier molecular flexibility index (Phi) is 10.2. The molecule has 1 unspecified atom stereocenters. The van der Waals surface area contributed by atoms with E-state index in [9.17, 15) is 4.79 Å². The summed E-state index contributed by atoms with van der Waals surface area (Å²) >= 11 is 0. The van der Waals surface area contributed by atoms with Crippen LogP contribution in [-0.4, -0.2) is 49.5 Å². The third-order valence-corrected chi connectivity index (χ3v) is 4.07. The first-order valence-corrected chi connectivity index (χ1v) is 8.67. The molecule has 0 bridgehead atoms. The van der Waals surface area contributed by atoms with Gasteiger partial charge in [-0.05, 0) is 18.9 Å². The molecule has 2 rings (SSSR count). The second kappa shape index (κ2) is 11.9. The SMILES string of the molecule is C=CCNC(=NCC1CC(=O)N(CCc2ccccc2)C1)NCC.I. The van der Waals surface area contributed by atoms with Crippen molar-refractivity contribution in [3.8, 4) is 0 Å². The van der Waals surface area contributed by atoms with Crippen molar-refractivity contribution in [2.45, 2.75) is 19.8 Å². The second-order valence-corrected chi connectivity index (χ2v) is 6.03. The van der Waals surface area contributed by atoms with Crippen molar-refractivity contribution >= 4 is 35.8 Å². The standard InChI is InChI=1S/C19H28N4O.HI/c1-3-11-21-19(20-4-2)22-14-17-13-18(24)23(15-17)12-10-16-8-6-5-7-9-16;/h3,5-9,17H,1,4,10-15H2,2H3,(H2,20,21,22);1H. The van der Waals surface area contributed by atoms with Gasteiger partial charge in [0.25, 0.3) is 0 Å². The molecule has 2 N–H and O–H groups in total. The van der Waals surface area contributed by atoms with Crippen molar-refractivity contribution in [2.24, 2.45) is 10.9 Å². The van der Waals surface area contributed by atoms with Gasteiger partial charge in [0, 0.05) is 45.1 Å². The smallest absolute Gasteiger partial charge is 0.223 e. The summed E-state index contributed by atoms with van der Waals surface area (Å²) in [5, 5.41) is 6.39. The van der Waals surface area contributed by atoms with Crippen LogP contribution in [0.4, 0.5) is 0 Å². The lowest BCUT2D eigenvalue weighted by Crippen LogP contribution is -2.37. The predicted molar refractivity (Wildman–Crippen MR) is 114 cm³/mol. The minimum absolute atomic E-state index is 0. The number of carbonyl (C=O) groups is 1. The number of hydrogen-bond acceptors (Lipinski definition) is 2. The summed E-state index contributed by atoms with van der Waals surface area (Å²) in [4.78, 5) is 18.7. The van der Waals surface area contributed by atoms with Crippen molar-refractivity contribution in [3.63, 3.8) is 0 Å². The van der Waals surface area contributed by atoms with Gasteiger partial charge in [-0.3, -0.25) is 9.79 Å². The Morgan fingerprint density at radius 2 is 2.12 bits per heavy atom. The van der Waals surface area contributed by atoms with Crippen LogP contribution in [0.5, 0.6) is 0 Å². The number of benzene rings is 1. The lowest BCUT2D eigenvalue weighted by Gasteiger charge is -2.16. The molecule has 1 fully saturated rings. The fourth-order valence-electron chi connectivity index (χ4n) is 2.83. The number of halogens is 1. The number of amides is 1. The topological polar surface area (TPSA) is 56.7 Å². The number of nitrogens with one attached hydrogen (secondary N) is 2. The Bertz CT molecular complexity index is 562. The largest absolute Gasteiger partial charge is 0.357 e. The molecule has 0 aliphatic carbocycles. The fourth-order valence-corrected chi connectivity index (χ4v) is 2.83. The van der Waals surface area contributed by atoms with Crippen LogP contribution in [-0.2, 0) is 11.2 Å². The van der Waals surface area contributed by atoms with E-state index in [0.29, 0.717) is 25.4 Å². The Labute approximate surface area is 168 Å². The van der Waals surface area contributed by atoms with Gasteiger partial charge in [-0.1, -0.05) is 36.4 Å². The number of nitrogens with zero attached hydrogens (tertiary/aromatic N) is 2. The number of carbonyl (C=O) groups excluding carboxylic acids is 1. The molecule has 1 aliphatic heterocycles. The molecule has 0 aromatic heterocycles. The number of rotatable bonds is 8. The van der Waals surface area contributed by atoms with E-state index in [2.05, 4.69) is 34.3 Å². The second-order valence-electron chi connectivity index (χ2n) is 6.03. The molecule has 5 nitrogen and oxygen atoms in total. The van der Waals surface area contributed by atoms with Gasteiger partial charge < -0.3 is 15.5 Å². The Morgan fingerprint density at radius 1 is 1.36 bits per heavy atom. The first-order chi connectivity index (χ1) is 11.7. The van der Waals surface area contributed by atoms with Gasteiger partial charge in [-0.2, -0.15) is 0 Å². The van der Waals surface area contributed by atoms with Crippen LogP contribution in [0.25, 0.3) is 0 Å². The van der Waals surface area contributed by atoms with Crippen LogP contribution < -0.4 is 10.6 Å². The highest BCUT2D eigenvalue weighted by atomic mass is 127. The highest BCUT2D eigenvalue weighted by Crippen LogP contribution is 2.18. The van der Waals surface area contributed by atoms with Crippen LogP contribution in [0.1, 0.15) is 18.9 Å². The predicted octanol–water partition coefficient (Wildman–Crippen LogP) is 2.44. The van der Waals surface area contributed by atoms with Crippen molar-refractivity contribution in [2.75, 3.05) is 32.7 Å². The van der Waals surface area contributed by atoms with E-state index >= 15 is 0 Å². The Hall–Kier alpha value is -1.57. The molecule has 1 heterocycles. The van der Waals surface area contributed by atoms with Gasteiger partial charge in [0.05, 0.1) is 0 Å². The molecular weight excluding hydrogens is 427 g/mol. The average Bonchev–Trinajstić information content (AvgIpc) is 2.96. The van der Waals surface area contributed by atoms with E-state index in [-0.39, 0.29) is 29.9 Å². The normalized spacial score (nSPS) is 17.2. The van der Waals surface area contributed by atoms with Gasteiger partial charge in [0.15, 0.2) is 5.96 Å². The maximum atomic E-state index is 12.2. The first kappa shape index (κ1) is 21.5. The lowest BCUT2D eigenvalue weighted by molar-refractivity contribution is -0.127. The van der Waals surface area contributed by atoms with Gasteiger partial charge in [0.1, 0.15) is 0 Å². The third kappa shape index (κ3) is 7.46. The van der Waals surface area contributed by atoms with E-state index in [1.165, 1.54) is 5.56 Å². The zero-order valence-corrected chi connectivity index (χ0v) is 17.2. The van der Waals surface area contributed by atoms with Crippen LogP contribution >= 0.6 is 24.0 Å².